The number of aryl methyl sites for hydroxylation is 1. The fraction of sp³-hybridized carbons (Fsp3) is 0.152. The van der Waals surface area contributed by atoms with Gasteiger partial charge in [-0.15, -0.1) is 0 Å². The van der Waals surface area contributed by atoms with Gasteiger partial charge in [-0.3, -0.25) is 4.98 Å². The van der Waals surface area contributed by atoms with Crippen LogP contribution in [0.3, 0.4) is 0 Å². The van der Waals surface area contributed by atoms with Crippen LogP contribution in [0.4, 0.5) is 18.9 Å². The number of halogens is 3. The molecule has 6 rings (SSSR count). The molecule has 0 saturated carbocycles. The molecule has 0 amide bonds. The van der Waals surface area contributed by atoms with Gasteiger partial charge in [0.1, 0.15) is 11.5 Å². The highest BCUT2D eigenvalue weighted by Crippen LogP contribution is 2.45. The lowest BCUT2D eigenvalue weighted by atomic mass is 9.96. The number of ether oxygens (including phenoxy) is 1. The van der Waals surface area contributed by atoms with E-state index in [4.69, 9.17) is 17.0 Å². The largest absolute Gasteiger partial charge is 0.457 e. The Labute approximate surface area is 247 Å². The third-order valence-corrected chi connectivity index (χ3v) is 7.75. The van der Waals surface area contributed by atoms with Gasteiger partial charge in [0.05, 0.1) is 29.0 Å². The number of aromatic nitrogens is 2. The number of benzene rings is 3. The van der Waals surface area contributed by atoms with Crippen molar-refractivity contribution in [1.82, 2.24) is 14.9 Å². The Morgan fingerprint density at radius 1 is 0.833 bits per heavy atom. The number of pyridine rings is 1. The smallest absolute Gasteiger partial charge is 0.418 e. The molecule has 0 unspecified atom stereocenters. The molecule has 1 N–H and O–H groups in total. The average molecular weight is 585 g/mol. The Morgan fingerprint density at radius 3 is 2.19 bits per heavy atom. The molecule has 2 atom stereocenters. The Hall–Kier alpha value is -4.63. The molecule has 5 nitrogen and oxygen atoms in total. The van der Waals surface area contributed by atoms with E-state index in [0.717, 1.165) is 28.8 Å². The van der Waals surface area contributed by atoms with E-state index >= 15 is 0 Å². The number of para-hydroxylation sites is 2. The van der Waals surface area contributed by atoms with Crippen LogP contribution in [0.15, 0.2) is 109 Å². The van der Waals surface area contributed by atoms with Gasteiger partial charge in [-0.25, -0.2) is 0 Å². The van der Waals surface area contributed by atoms with Crippen molar-refractivity contribution in [2.75, 3.05) is 4.90 Å². The number of hydrogen-bond acceptors (Lipinski definition) is 3. The van der Waals surface area contributed by atoms with E-state index in [9.17, 15) is 13.2 Å². The Bertz CT molecular complexity index is 1720. The lowest BCUT2D eigenvalue weighted by Gasteiger charge is -2.28. The lowest BCUT2D eigenvalue weighted by Crippen LogP contribution is -2.29. The van der Waals surface area contributed by atoms with Crippen molar-refractivity contribution in [2.45, 2.75) is 32.1 Å². The van der Waals surface area contributed by atoms with Crippen molar-refractivity contribution in [3.8, 4) is 17.2 Å². The molecule has 3 aromatic carbocycles. The maximum atomic E-state index is 14.0. The zero-order valence-electron chi connectivity index (χ0n) is 22.8. The first kappa shape index (κ1) is 27.5. The van der Waals surface area contributed by atoms with E-state index in [0.29, 0.717) is 22.2 Å². The van der Waals surface area contributed by atoms with E-state index in [1.54, 1.807) is 16.8 Å². The number of rotatable bonds is 6. The van der Waals surface area contributed by atoms with Crippen molar-refractivity contribution in [3.63, 3.8) is 0 Å². The Kier molecular flexibility index (Phi) is 7.20. The fourth-order valence-corrected chi connectivity index (χ4v) is 5.96. The molecule has 0 bridgehead atoms. The highest BCUT2D eigenvalue weighted by Gasteiger charge is 2.43. The van der Waals surface area contributed by atoms with Crippen molar-refractivity contribution in [3.05, 3.63) is 138 Å². The lowest BCUT2D eigenvalue weighted by molar-refractivity contribution is -0.137. The highest BCUT2D eigenvalue weighted by molar-refractivity contribution is 7.80. The molecule has 2 aromatic heterocycles. The highest BCUT2D eigenvalue weighted by atomic mass is 32.1. The fourth-order valence-electron chi connectivity index (χ4n) is 5.61. The summed E-state index contributed by atoms with van der Waals surface area (Å²) in [5.74, 6) is 1.39. The van der Waals surface area contributed by atoms with Crippen molar-refractivity contribution in [2.24, 2.45) is 0 Å². The van der Waals surface area contributed by atoms with Gasteiger partial charge in [0, 0.05) is 23.3 Å². The van der Waals surface area contributed by atoms with Gasteiger partial charge in [-0.2, -0.15) is 13.2 Å². The molecule has 1 aliphatic heterocycles. The summed E-state index contributed by atoms with van der Waals surface area (Å²) in [4.78, 5) is 6.60. The predicted molar refractivity (Wildman–Crippen MR) is 161 cm³/mol. The van der Waals surface area contributed by atoms with Gasteiger partial charge in [0.15, 0.2) is 5.11 Å². The Balaban J connectivity index is 1.45. The second-order valence-corrected chi connectivity index (χ2v) is 10.5. The topological polar surface area (TPSA) is 42.3 Å². The third-order valence-electron chi connectivity index (χ3n) is 7.43. The minimum atomic E-state index is -4.50. The van der Waals surface area contributed by atoms with E-state index < -0.39 is 11.7 Å². The molecular weight excluding hydrogens is 557 g/mol. The van der Waals surface area contributed by atoms with Gasteiger partial charge < -0.3 is 19.5 Å². The van der Waals surface area contributed by atoms with Crippen LogP contribution < -0.4 is 15.0 Å². The average Bonchev–Trinajstić information content (AvgIpc) is 3.48. The molecular formula is C33H27F3N4OS. The SMILES string of the molecule is Cc1cc([C@H]2[C@@H](c3ccccn3)NC(=S)N2c2ccc(Oc3ccccc3)cc2)c(C)n1-c1ccccc1C(F)(F)F. The summed E-state index contributed by atoms with van der Waals surface area (Å²) in [6.07, 6.45) is -2.78. The van der Waals surface area contributed by atoms with Gasteiger partial charge in [-0.05, 0) is 98.4 Å². The molecule has 1 aliphatic rings. The number of nitrogens with zero attached hydrogens (tertiary/aromatic N) is 3. The molecule has 5 aromatic rings. The van der Waals surface area contributed by atoms with Crippen LogP contribution in [0.25, 0.3) is 5.69 Å². The number of thiocarbonyl (C=S) groups is 1. The zero-order valence-corrected chi connectivity index (χ0v) is 23.7. The van der Waals surface area contributed by atoms with Crippen molar-refractivity contribution >= 4 is 23.0 Å². The standard InChI is InChI=1S/C33H27F3N4OS/c1-21-20-26(22(2)39(21)29-14-7-6-12-27(29)33(34,35)36)31-30(28-13-8-9-19-37-28)38-32(42)40(31)23-15-17-25(18-16-23)41-24-10-4-3-5-11-24/h3-20,30-31H,1-2H3,(H,38,42)/t30-,31+/m1/s1. The van der Waals surface area contributed by atoms with Gasteiger partial charge in [0.25, 0.3) is 0 Å². The summed E-state index contributed by atoms with van der Waals surface area (Å²) in [6, 6.07) is 29.6. The second kappa shape index (κ2) is 11.0. The monoisotopic (exact) mass is 584 g/mol. The van der Waals surface area contributed by atoms with Crippen LogP contribution in [-0.4, -0.2) is 14.7 Å². The zero-order chi connectivity index (χ0) is 29.4. The first-order valence-corrected chi connectivity index (χ1v) is 13.8. The van der Waals surface area contributed by atoms with Gasteiger partial charge in [-0.1, -0.05) is 36.4 Å². The summed E-state index contributed by atoms with van der Waals surface area (Å²) < 4.78 is 49.7. The minimum Gasteiger partial charge on any atom is -0.457 e. The van der Waals surface area contributed by atoms with Crippen molar-refractivity contribution < 1.29 is 17.9 Å². The molecule has 3 heterocycles. The molecule has 1 fully saturated rings. The van der Waals surface area contributed by atoms with Crippen LogP contribution >= 0.6 is 12.2 Å². The summed E-state index contributed by atoms with van der Waals surface area (Å²) in [6.45, 7) is 3.67. The molecule has 0 aliphatic carbocycles. The van der Waals surface area contributed by atoms with E-state index in [1.165, 1.54) is 12.1 Å². The van der Waals surface area contributed by atoms with Crippen LogP contribution in [-0.2, 0) is 6.18 Å². The van der Waals surface area contributed by atoms with Crippen molar-refractivity contribution in [1.29, 1.82) is 0 Å². The van der Waals surface area contributed by atoms with Crippen LogP contribution in [0.1, 0.15) is 40.3 Å². The summed E-state index contributed by atoms with van der Waals surface area (Å²) in [7, 11) is 0. The third kappa shape index (κ3) is 5.12. The normalized spacial score (nSPS) is 16.9. The maximum Gasteiger partial charge on any atom is 0.418 e. The van der Waals surface area contributed by atoms with Crippen LogP contribution in [0, 0.1) is 13.8 Å². The second-order valence-electron chi connectivity index (χ2n) is 10.1. The molecule has 1 saturated heterocycles. The number of nitrogens with one attached hydrogen (secondary N) is 1. The number of anilines is 1. The van der Waals surface area contributed by atoms with Gasteiger partial charge >= 0.3 is 6.18 Å². The molecule has 42 heavy (non-hydrogen) atoms. The van der Waals surface area contributed by atoms with Crippen LogP contribution in [0.2, 0.25) is 0 Å². The first-order chi connectivity index (χ1) is 20.2. The van der Waals surface area contributed by atoms with Crippen LogP contribution in [0.5, 0.6) is 11.5 Å². The molecule has 212 valence electrons. The quantitative estimate of drug-likeness (QED) is 0.203. The number of hydrogen-bond donors (Lipinski definition) is 1. The molecule has 0 spiro atoms. The van der Waals surface area contributed by atoms with Gasteiger partial charge in [0.2, 0.25) is 0 Å². The first-order valence-electron chi connectivity index (χ1n) is 13.4. The summed E-state index contributed by atoms with van der Waals surface area (Å²) in [5.41, 5.74) is 3.21. The Morgan fingerprint density at radius 2 is 1.50 bits per heavy atom. The molecule has 0 radical (unpaired) electrons. The minimum absolute atomic E-state index is 0.0862. The van der Waals surface area contributed by atoms with E-state index in [1.807, 2.05) is 97.6 Å². The van der Waals surface area contributed by atoms with E-state index in [2.05, 4.69) is 10.3 Å². The number of alkyl halides is 3. The van der Waals surface area contributed by atoms with E-state index in [-0.39, 0.29) is 17.8 Å². The predicted octanol–water partition coefficient (Wildman–Crippen LogP) is 8.48. The summed E-state index contributed by atoms with van der Waals surface area (Å²) in [5, 5.41) is 3.92. The summed E-state index contributed by atoms with van der Waals surface area (Å²) >= 11 is 5.86. The molecule has 9 heteroatoms. The maximum absolute atomic E-state index is 14.0.